The van der Waals surface area contributed by atoms with Crippen molar-refractivity contribution in [3.05, 3.63) is 59.1 Å². The maximum atomic E-state index is 14.5. The first-order valence-corrected chi connectivity index (χ1v) is 26.9. The zero-order valence-corrected chi connectivity index (χ0v) is 46.3. The van der Waals surface area contributed by atoms with Crippen LogP contribution in [-0.4, -0.2) is 194 Å². The molecule has 0 radical (unpaired) electrons. The molecule has 74 heavy (non-hydrogen) atoms. The number of hydrogen-bond donors (Lipinski definition) is 6. The summed E-state index contributed by atoms with van der Waals surface area (Å²) in [5.74, 6) is -2.75. The van der Waals surface area contributed by atoms with Gasteiger partial charge < -0.3 is 69.1 Å². The number of carbonyl (C=O) groups is 1. The number of aliphatic hydroxyl groups is 5. The Hall–Kier alpha value is -3.35. The van der Waals surface area contributed by atoms with E-state index in [1.165, 1.54) is 30.7 Å². The van der Waals surface area contributed by atoms with Gasteiger partial charge in [-0.2, -0.15) is 10.2 Å². The van der Waals surface area contributed by atoms with Crippen LogP contribution in [0, 0.1) is 17.8 Å². The number of nitrogens with zero attached hydrogens (tertiary/aromatic N) is 7. The molecule has 0 bridgehead atoms. The first-order chi connectivity index (χ1) is 34.9. The molecule has 4 aliphatic heterocycles. The van der Waals surface area contributed by atoms with E-state index in [4.69, 9.17) is 28.4 Å². The fraction of sp³-hybridized carbons (Fsp3) is 0.796. The van der Waals surface area contributed by atoms with Gasteiger partial charge in [-0.3, -0.25) is 9.48 Å². The highest BCUT2D eigenvalue weighted by molar-refractivity contribution is 5.73. The van der Waals surface area contributed by atoms with Crippen molar-refractivity contribution in [3.8, 4) is 0 Å². The zero-order valence-electron chi connectivity index (χ0n) is 46.3. The molecule has 0 saturated carbocycles. The summed E-state index contributed by atoms with van der Waals surface area (Å²) in [6.07, 6.45) is -3.77. The summed E-state index contributed by atoms with van der Waals surface area (Å²) in [5.41, 5.74) is -0.0972. The number of rotatable bonds is 17. The molecular weight excluding hydrogens is 953 g/mol. The van der Waals surface area contributed by atoms with E-state index in [0.717, 1.165) is 25.2 Å². The van der Waals surface area contributed by atoms with Crippen molar-refractivity contribution in [1.29, 1.82) is 0 Å². The summed E-state index contributed by atoms with van der Waals surface area (Å²) in [7, 11) is 5.31. The van der Waals surface area contributed by atoms with Gasteiger partial charge in [0.15, 0.2) is 12.6 Å². The van der Waals surface area contributed by atoms with Gasteiger partial charge in [-0.15, -0.1) is 5.10 Å². The number of ether oxygens (including phenoxy) is 6. The van der Waals surface area contributed by atoms with E-state index in [-0.39, 0.29) is 31.3 Å². The molecule has 20 heteroatoms. The predicted octanol–water partition coefficient (Wildman–Crippen LogP) is 3.79. The average molecular weight is 1040 g/mol. The second-order valence-electron chi connectivity index (χ2n) is 22.8. The van der Waals surface area contributed by atoms with Crippen LogP contribution in [0.3, 0.4) is 0 Å². The lowest BCUT2D eigenvalue weighted by atomic mass is 9.77. The second kappa shape index (κ2) is 25.9. The summed E-state index contributed by atoms with van der Waals surface area (Å²) >= 11 is 0. The fourth-order valence-electron chi connectivity index (χ4n) is 11.5. The van der Waals surface area contributed by atoms with Gasteiger partial charge in [-0.25, -0.2) is 0 Å². The minimum atomic E-state index is -1.83. The van der Waals surface area contributed by atoms with E-state index in [1.54, 1.807) is 41.5 Å². The third-order valence-electron chi connectivity index (χ3n) is 16.3. The summed E-state index contributed by atoms with van der Waals surface area (Å²) < 4.78 is 40.2. The van der Waals surface area contributed by atoms with Crippen LogP contribution in [0.1, 0.15) is 112 Å². The van der Waals surface area contributed by atoms with E-state index in [1.807, 2.05) is 56.8 Å². The normalized spacial score (nSPS) is 39.1. The van der Waals surface area contributed by atoms with Crippen LogP contribution >= 0.6 is 0 Å². The smallest absolute Gasteiger partial charge is 0.311 e. The quantitative estimate of drug-likeness (QED) is 0.123. The molecule has 2 aromatic rings. The van der Waals surface area contributed by atoms with Crippen molar-refractivity contribution in [2.45, 2.75) is 211 Å². The Labute approximate surface area is 439 Å². The molecule has 0 unspecified atom stereocenters. The number of esters is 1. The highest BCUT2D eigenvalue weighted by Crippen LogP contribution is 2.40. The minimum Gasteiger partial charge on any atom is -0.459 e. The predicted molar refractivity (Wildman–Crippen MR) is 277 cm³/mol. The number of aliphatic hydroxyl groups excluding tert-OH is 3. The Balaban J connectivity index is 1.19. The first-order valence-electron chi connectivity index (χ1n) is 26.9. The van der Waals surface area contributed by atoms with Gasteiger partial charge in [0, 0.05) is 76.9 Å². The number of methoxy groups -OCH3 is 1. The topological polar surface area (TPSA) is 248 Å². The molecule has 1 aromatic carbocycles. The summed E-state index contributed by atoms with van der Waals surface area (Å²) in [6, 6.07) is 7.60. The molecule has 0 aliphatic carbocycles. The fourth-order valence-corrected chi connectivity index (χ4v) is 11.5. The maximum Gasteiger partial charge on any atom is 0.311 e. The van der Waals surface area contributed by atoms with Crippen LogP contribution in [0.4, 0.5) is 0 Å². The number of azo groups is 1. The van der Waals surface area contributed by atoms with E-state index < -0.39 is 102 Å². The average Bonchev–Trinajstić information content (AvgIpc) is 4.06. The van der Waals surface area contributed by atoms with Gasteiger partial charge in [0.1, 0.15) is 30.0 Å². The number of likely N-dealkylation sites (N-methyl/N-ethyl adjacent to an activating group) is 2. The Bertz CT molecular complexity index is 2140. The molecule has 6 rings (SSSR count). The Morgan fingerprint density at radius 1 is 0.932 bits per heavy atom. The largest absolute Gasteiger partial charge is 0.459 e. The number of benzene rings is 1. The molecule has 6 N–H and O–H groups in total. The molecule has 418 valence electrons. The van der Waals surface area contributed by atoms with Gasteiger partial charge in [0.2, 0.25) is 0 Å². The third kappa shape index (κ3) is 14.8. The molecule has 1 aromatic heterocycles. The Kier molecular flexibility index (Phi) is 20.9. The van der Waals surface area contributed by atoms with Crippen molar-refractivity contribution in [3.63, 3.8) is 0 Å². The molecule has 5 heterocycles. The lowest BCUT2D eigenvalue weighted by molar-refractivity contribution is -0.318. The van der Waals surface area contributed by atoms with Gasteiger partial charge in [0.05, 0.1) is 60.0 Å². The molecule has 4 aliphatic rings. The number of hydrogen-bond acceptors (Lipinski definition) is 19. The zero-order chi connectivity index (χ0) is 54.3. The Morgan fingerprint density at radius 2 is 1.64 bits per heavy atom. The van der Waals surface area contributed by atoms with Gasteiger partial charge >= 0.3 is 5.97 Å². The van der Waals surface area contributed by atoms with E-state index in [0.29, 0.717) is 39.0 Å². The van der Waals surface area contributed by atoms with Crippen LogP contribution in [-0.2, 0) is 59.1 Å². The number of aryl methyl sites for hydroxylation is 2. The van der Waals surface area contributed by atoms with E-state index in [2.05, 4.69) is 55.0 Å². The summed E-state index contributed by atoms with van der Waals surface area (Å²) in [4.78, 5) is 18.5. The molecule has 0 spiro atoms. The van der Waals surface area contributed by atoms with Crippen molar-refractivity contribution in [2.75, 3.05) is 47.4 Å². The molecule has 18 atom stereocenters. The molecule has 20 nitrogen and oxygen atoms in total. The SMILES string of the molecule is CC[C@H]1OC(=O)[C@H](C)[C@@H](O[C@H]2C[C@@](C)(OC)[C@@H](O)[C@H](C)O2)[C@H](C)[C@@H](O[C@@H]2O[C@H](C)C[C@H](N(C)CCc3cn(CCc4ccc(CNCC5=CN=NC5)cc4)nn3)[C@H]2O)[C@](C)(O)C[C@@H](C)CN(C)[C@H](C)[C@@H](O)[C@]1(C)O. The lowest BCUT2D eigenvalue weighted by Crippen LogP contribution is -2.61. The second-order valence-corrected chi connectivity index (χ2v) is 22.8. The number of aromatic nitrogens is 3. The van der Waals surface area contributed by atoms with Crippen molar-refractivity contribution >= 4 is 5.97 Å². The van der Waals surface area contributed by atoms with Crippen LogP contribution < -0.4 is 5.32 Å². The van der Waals surface area contributed by atoms with E-state index in [9.17, 15) is 30.3 Å². The van der Waals surface area contributed by atoms with Gasteiger partial charge in [0.25, 0.3) is 0 Å². The number of carbonyl (C=O) groups excluding carboxylic acids is 1. The van der Waals surface area contributed by atoms with Crippen molar-refractivity contribution in [2.24, 2.45) is 28.0 Å². The molecule has 3 fully saturated rings. The monoisotopic (exact) mass is 1040 g/mol. The standard InChI is InChI=1S/C54H90N8O12/c1-14-43-54(10,68)47(64)36(6)61(12)30-32(2)24-52(8,67)49(34(4)46(35(5)50(66)72-43)73-44-25-53(9,69-13)48(65)37(7)71-44)74-51-45(63)42(23-33(3)70-51)60(11)21-20-41-31-62(59-58-41)22-19-38-15-17-39(18-16-38)26-55-27-40-28-56-57-29-40/h15-18,28,31-37,42-49,51,55,63-65,67-68H,14,19-27,29-30H2,1-13H3/t32-,33-,34+,35-,36-,37+,42+,43-,44+,45-,46+,47-,48+,49-,51+,52-,53-,54-/m1/s1. The highest BCUT2D eigenvalue weighted by Gasteiger charge is 2.53. The van der Waals surface area contributed by atoms with Crippen LogP contribution in [0.25, 0.3) is 0 Å². The van der Waals surface area contributed by atoms with Crippen LogP contribution in [0.2, 0.25) is 0 Å². The summed E-state index contributed by atoms with van der Waals surface area (Å²) in [5, 5.41) is 80.0. The maximum absolute atomic E-state index is 14.5. The lowest BCUT2D eigenvalue weighted by Gasteiger charge is -2.49. The van der Waals surface area contributed by atoms with Crippen LogP contribution in [0.15, 0.2) is 52.5 Å². The van der Waals surface area contributed by atoms with Crippen molar-refractivity contribution in [1.82, 2.24) is 30.1 Å². The van der Waals surface area contributed by atoms with Gasteiger partial charge in [-0.1, -0.05) is 50.3 Å². The van der Waals surface area contributed by atoms with Crippen LogP contribution in [0.5, 0.6) is 0 Å². The van der Waals surface area contributed by atoms with Gasteiger partial charge in [-0.05, 0) is 111 Å². The first kappa shape index (κ1) is 59.9. The van der Waals surface area contributed by atoms with E-state index >= 15 is 0 Å². The number of nitrogens with one attached hydrogen (secondary N) is 1. The Morgan fingerprint density at radius 3 is 2.30 bits per heavy atom. The molecular formula is C54H90N8O12. The van der Waals surface area contributed by atoms with Crippen molar-refractivity contribution < 1.29 is 58.7 Å². The third-order valence-corrected chi connectivity index (χ3v) is 16.3. The minimum absolute atomic E-state index is 0.107. The molecule has 3 saturated heterocycles. The highest BCUT2D eigenvalue weighted by atomic mass is 16.7. The molecule has 0 amide bonds. The summed E-state index contributed by atoms with van der Waals surface area (Å²) in [6.45, 7) is 21.5. The number of cyclic esters (lactones) is 1.